The van der Waals surface area contributed by atoms with Crippen LogP contribution < -0.4 is 5.32 Å². The highest BCUT2D eigenvalue weighted by Crippen LogP contribution is 2.12. The van der Waals surface area contributed by atoms with Gasteiger partial charge in [-0.1, -0.05) is 0 Å². The van der Waals surface area contributed by atoms with Crippen molar-refractivity contribution in [3.05, 3.63) is 12.0 Å². The first-order valence-electron chi connectivity index (χ1n) is 3.68. The van der Waals surface area contributed by atoms with Crippen molar-refractivity contribution in [3.63, 3.8) is 0 Å². The van der Waals surface area contributed by atoms with Crippen LogP contribution in [0.5, 0.6) is 0 Å². The molecule has 0 saturated carbocycles. The smallest absolute Gasteiger partial charge is 0.295 e. The monoisotopic (exact) mass is 154 g/mol. The van der Waals surface area contributed by atoms with Gasteiger partial charge in [-0.3, -0.25) is 0 Å². The van der Waals surface area contributed by atoms with Crippen LogP contribution in [0.1, 0.15) is 26.5 Å². The van der Waals surface area contributed by atoms with E-state index in [1.165, 1.54) is 0 Å². The van der Waals surface area contributed by atoms with Gasteiger partial charge in [0.1, 0.15) is 6.26 Å². The summed E-state index contributed by atoms with van der Waals surface area (Å²) in [6.45, 7) is 8.09. The second-order valence-corrected chi connectivity index (χ2v) is 3.67. The van der Waals surface area contributed by atoms with Crippen molar-refractivity contribution in [2.75, 3.05) is 5.32 Å². The van der Waals surface area contributed by atoms with Crippen LogP contribution in [0, 0.1) is 6.92 Å². The number of aromatic nitrogens is 1. The standard InChI is InChI=1S/C8H14N2O/c1-6-5-11-7(9-6)10-8(2,3)4/h5H,1-4H3,(H,9,10). The van der Waals surface area contributed by atoms with Gasteiger partial charge < -0.3 is 9.73 Å². The van der Waals surface area contributed by atoms with E-state index in [1.807, 2.05) is 6.92 Å². The summed E-state index contributed by atoms with van der Waals surface area (Å²) in [5.41, 5.74) is 0.911. The second kappa shape index (κ2) is 2.57. The summed E-state index contributed by atoms with van der Waals surface area (Å²) < 4.78 is 5.12. The fraction of sp³-hybridized carbons (Fsp3) is 0.625. The Kier molecular flexibility index (Phi) is 1.89. The molecule has 0 amide bonds. The number of oxazole rings is 1. The molecule has 0 unspecified atom stereocenters. The van der Waals surface area contributed by atoms with E-state index in [0.717, 1.165) is 5.69 Å². The first kappa shape index (κ1) is 8.11. The van der Waals surface area contributed by atoms with Crippen molar-refractivity contribution < 1.29 is 4.42 Å². The highest BCUT2D eigenvalue weighted by Gasteiger charge is 2.11. The Bertz CT molecular complexity index is 234. The number of nitrogens with one attached hydrogen (secondary N) is 1. The highest BCUT2D eigenvalue weighted by molar-refractivity contribution is 5.24. The summed E-state index contributed by atoms with van der Waals surface area (Å²) in [4.78, 5) is 4.12. The Morgan fingerprint density at radius 1 is 1.45 bits per heavy atom. The summed E-state index contributed by atoms with van der Waals surface area (Å²) in [7, 11) is 0. The van der Waals surface area contributed by atoms with Crippen LogP contribution in [0.4, 0.5) is 6.01 Å². The molecule has 0 aliphatic heterocycles. The fourth-order valence-electron chi connectivity index (χ4n) is 0.732. The molecule has 62 valence electrons. The molecule has 11 heavy (non-hydrogen) atoms. The van der Waals surface area contributed by atoms with Crippen LogP contribution in [0.15, 0.2) is 10.7 Å². The maximum atomic E-state index is 5.12. The molecule has 3 heteroatoms. The van der Waals surface area contributed by atoms with Gasteiger partial charge in [-0.05, 0) is 27.7 Å². The predicted molar refractivity (Wildman–Crippen MR) is 44.6 cm³/mol. The van der Waals surface area contributed by atoms with Gasteiger partial charge in [-0.25, -0.2) is 0 Å². The van der Waals surface area contributed by atoms with E-state index in [-0.39, 0.29) is 5.54 Å². The highest BCUT2D eigenvalue weighted by atomic mass is 16.4. The maximum Gasteiger partial charge on any atom is 0.295 e. The number of anilines is 1. The molecule has 0 bridgehead atoms. The minimum absolute atomic E-state index is 0.0112. The third-order valence-corrected chi connectivity index (χ3v) is 1.10. The van der Waals surface area contributed by atoms with Gasteiger partial charge in [0.25, 0.3) is 6.01 Å². The number of nitrogens with zero attached hydrogens (tertiary/aromatic N) is 1. The van der Waals surface area contributed by atoms with Crippen molar-refractivity contribution in [1.82, 2.24) is 4.98 Å². The van der Waals surface area contributed by atoms with Gasteiger partial charge in [-0.15, -0.1) is 0 Å². The lowest BCUT2D eigenvalue weighted by Gasteiger charge is -2.18. The quantitative estimate of drug-likeness (QED) is 0.673. The van der Waals surface area contributed by atoms with E-state index in [2.05, 4.69) is 31.1 Å². The van der Waals surface area contributed by atoms with E-state index in [9.17, 15) is 0 Å². The first-order chi connectivity index (χ1) is 4.97. The van der Waals surface area contributed by atoms with Gasteiger partial charge >= 0.3 is 0 Å². The Morgan fingerprint density at radius 3 is 2.45 bits per heavy atom. The molecular formula is C8H14N2O. The summed E-state index contributed by atoms with van der Waals surface area (Å²) in [5, 5.41) is 3.12. The summed E-state index contributed by atoms with van der Waals surface area (Å²) in [5.74, 6) is 0. The zero-order chi connectivity index (χ0) is 8.48. The SMILES string of the molecule is Cc1coc(NC(C)(C)C)n1. The molecule has 0 saturated heterocycles. The molecule has 1 aromatic rings. The van der Waals surface area contributed by atoms with Gasteiger partial charge in [0.2, 0.25) is 0 Å². The molecule has 0 atom stereocenters. The zero-order valence-corrected chi connectivity index (χ0v) is 7.43. The Balaban J connectivity index is 2.65. The van der Waals surface area contributed by atoms with E-state index in [1.54, 1.807) is 6.26 Å². The number of rotatable bonds is 1. The molecule has 0 spiro atoms. The molecule has 0 radical (unpaired) electrons. The van der Waals surface area contributed by atoms with Crippen LogP contribution in [0.3, 0.4) is 0 Å². The zero-order valence-electron chi connectivity index (χ0n) is 7.43. The van der Waals surface area contributed by atoms with Gasteiger partial charge in [0, 0.05) is 5.54 Å². The lowest BCUT2D eigenvalue weighted by atomic mass is 10.1. The average Bonchev–Trinajstić information content (AvgIpc) is 2.10. The van der Waals surface area contributed by atoms with E-state index >= 15 is 0 Å². The van der Waals surface area contributed by atoms with Gasteiger partial charge in [-0.2, -0.15) is 4.98 Å². The van der Waals surface area contributed by atoms with Gasteiger partial charge in [0.15, 0.2) is 0 Å². The molecule has 1 aromatic heterocycles. The van der Waals surface area contributed by atoms with Crippen molar-refractivity contribution in [2.45, 2.75) is 33.2 Å². The second-order valence-electron chi connectivity index (χ2n) is 3.67. The Labute approximate surface area is 66.8 Å². The third kappa shape index (κ3) is 2.62. The molecular weight excluding hydrogens is 140 g/mol. The molecule has 0 aliphatic carbocycles. The van der Waals surface area contributed by atoms with Gasteiger partial charge in [0.05, 0.1) is 5.69 Å². The predicted octanol–water partition coefficient (Wildman–Crippen LogP) is 2.19. The maximum absolute atomic E-state index is 5.12. The molecule has 3 nitrogen and oxygen atoms in total. The molecule has 1 N–H and O–H groups in total. The van der Waals surface area contributed by atoms with Crippen LogP contribution >= 0.6 is 0 Å². The number of hydrogen-bond acceptors (Lipinski definition) is 3. The van der Waals surface area contributed by atoms with Crippen LogP contribution in [0.2, 0.25) is 0 Å². The molecule has 0 fully saturated rings. The lowest BCUT2D eigenvalue weighted by molar-refractivity contribution is 0.530. The lowest BCUT2D eigenvalue weighted by Crippen LogP contribution is -2.26. The van der Waals surface area contributed by atoms with Crippen molar-refractivity contribution in [3.8, 4) is 0 Å². The minimum atomic E-state index is 0.0112. The van der Waals surface area contributed by atoms with Crippen LogP contribution in [-0.4, -0.2) is 10.5 Å². The van der Waals surface area contributed by atoms with Crippen molar-refractivity contribution in [2.24, 2.45) is 0 Å². The summed E-state index contributed by atoms with van der Waals surface area (Å²) in [6.07, 6.45) is 1.63. The summed E-state index contributed by atoms with van der Waals surface area (Å²) in [6, 6.07) is 0.593. The molecule has 1 heterocycles. The molecule has 1 rings (SSSR count). The minimum Gasteiger partial charge on any atom is -0.432 e. The van der Waals surface area contributed by atoms with E-state index in [4.69, 9.17) is 4.42 Å². The van der Waals surface area contributed by atoms with Crippen molar-refractivity contribution >= 4 is 6.01 Å². The fourth-order valence-corrected chi connectivity index (χ4v) is 0.732. The van der Waals surface area contributed by atoms with Crippen molar-refractivity contribution in [1.29, 1.82) is 0 Å². The third-order valence-electron chi connectivity index (χ3n) is 1.10. The van der Waals surface area contributed by atoms with Crippen LogP contribution in [0.25, 0.3) is 0 Å². The Morgan fingerprint density at radius 2 is 2.09 bits per heavy atom. The Hall–Kier alpha value is -0.990. The van der Waals surface area contributed by atoms with E-state index < -0.39 is 0 Å². The topological polar surface area (TPSA) is 38.1 Å². The van der Waals surface area contributed by atoms with E-state index in [0.29, 0.717) is 6.01 Å². The number of aryl methyl sites for hydroxylation is 1. The number of hydrogen-bond donors (Lipinski definition) is 1. The molecule has 0 aromatic carbocycles. The summed E-state index contributed by atoms with van der Waals surface area (Å²) >= 11 is 0. The largest absolute Gasteiger partial charge is 0.432 e. The molecule has 0 aliphatic rings. The average molecular weight is 154 g/mol. The normalized spacial score (nSPS) is 11.6. The van der Waals surface area contributed by atoms with Crippen LogP contribution in [-0.2, 0) is 0 Å². The first-order valence-corrected chi connectivity index (χ1v) is 3.68.